The maximum Gasteiger partial charge on any atom is 0.251 e. The zero-order valence-electron chi connectivity index (χ0n) is 15.4. The minimum absolute atomic E-state index is 0.0237. The van der Waals surface area contributed by atoms with Crippen molar-refractivity contribution in [1.29, 1.82) is 0 Å². The van der Waals surface area contributed by atoms with E-state index in [-0.39, 0.29) is 11.9 Å². The molecule has 5 heteroatoms. The SMILES string of the molecule is CCOc1ccc(C(=O)NCC(c2cccs2)N2CCCCCC2)cc1. The zero-order valence-corrected chi connectivity index (χ0v) is 16.3. The van der Waals surface area contributed by atoms with Crippen molar-refractivity contribution in [2.75, 3.05) is 26.2 Å². The molecule has 1 aliphatic heterocycles. The Balaban J connectivity index is 1.64. The Morgan fingerprint density at radius 1 is 1.15 bits per heavy atom. The number of hydrogen-bond donors (Lipinski definition) is 1. The van der Waals surface area contributed by atoms with E-state index in [0.29, 0.717) is 18.7 Å². The first-order valence-electron chi connectivity index (χ1n) is 9.56. The third-order valence-electron chi connectivity index (χ3n) is 4.84. The number of ether oxygens (including phenoxy) is 1. The van der Waals surface area contributed by atoms with E-state index in [1.807, 2.05) is 31.2 Å². The van der Waals surface area contributed by atoms with Gasteiger partial charge in [0.05, 0.1) is 12.6 Å². The molecule has 0 saturated carbocycles. The Morgan fingerprint density at radius 3 is 2.50 bits per heavy atom. The van der Waals surface area contributed by atoms with Crippen LogP contribution in [0.5, 0.6) is 5.75 Å². The maximum atomic E-state index is 12.6. The Labute approximate surface area is 160 Å². The molecule has 140 valence electrons. The predicted octanol–water partition coefficient (Wildman–Crippen LogP) is 4.49. The molecular weight excluding hydrogens is 344 g/mol. The summed E-state index contributed by atoms with van der Waals surface area (Å²) in [5, 5.41) is 5.26. The topological polar surface area (TPSA) is 41.6 Å². The molecule has 4 nitrogen and oxygen atoms in total. The van der Waals surface area contributed by atoms with Crippen molar-refractivity contribution in [3.05, 3.63) is 52.2 Å². The molecule has 1 aromatic heterocycles. The Morgan fingerprint density at radius 2 is 1.88 bits per heavy atom. The molecule has 1 N–H and O–H groups in total. The van der Waals surface area contributed by atoms with Gasteiger partial charge >= 0.3 is 0 Å². The number of carbonyl (C=O) groups excluding carboxylic acids is 1. The smallest absolute Gasteiger partial charge is 0.251 e. The average molecular weight is 373 g/mol. The second-order valence-corrected chi connectivity index (χ2v) is 7.63. The van der Waals surface area contributed by atoms with Crippen LogP contribution in [-0.2, 0) is 0 Å². The second-order valence-electron chi connectivity index (χ2n) is 6.65. The monoisotopic (exact) mass is 372 g/mol. The van der Waals surface area contributed by atoms with Crippen molar-refractivity contribution in [3.8, 4) is 5.75 Å². The number of nitrogens with one attached hydrogen (secondary N) is 1. The maximum absolute atomic E-state index is 12.6. The summed E-state index contributed by atoms with van der Waals surface area (Å²) in [5.41, 5.74) is 0.675. The zero-order chi connectivity index (χ0) is 18.2. The van der Waals surface area contributed by atoms with Crippen molar-refractivity contribution in [2.45, 2.75) is 38.6 Å². The van der Waals surface area contributed by atoms with Gasteiger partial charge in [0.2, 0.25) is 0 Å². The molecule has 1 fully saturated rings. The van der Waals surface area contributed by atoms with E-state index in [0.717, 1.165) is 18.8 Å². The van der Waals surface area contributed by atoms with Crippen LogP contribution in [0, 0.1) is 0 Å². The van der Waals surface area contributed by atoms with Crippen molar-refractivity contribution in [1.82, 2.24) is 10.2 Å². The number of nitrogens with zero attached hydrogens (tertiary/aromatic N) is 1. The van der Waals surface area contributed by atoms with Gasteiger partial charge in [-0.3, -0.25) is 9.69 Å². The summed E-state index contributed by atoms with van der Waals surface area (Å²) < 4.78 is 5.44. The highest BCUT2D eigenvalue weighted by Crippen LogP contribution is 2.27. The molecule has 1 aromatic carbocycles. The molecule has 0 aliphatic carbocycles. The van der Waals surface area contributed by atoms with Crippen LogP contribution >= 0.6 is 11.3 Å². The van der Waals surface area contributed by atoms with Gasteiger partial charge in [-0.2, -0.15) is 0 Å². The van der Waals surface area contributed by atoms with Crippen LogP contribution < -0.4 is 10.1 Å². The summed E-state index contributed by atoms with van der Waals surface area (Å²) >= 11 is 1.78. The Kier molecular flexibility index (Phi) is 7.09. The number of rotatable bonds is 7. The van der Waals surface area contributed by atoms with Gasteiger partial charge in [0.25, 0.3) is 5.91 Å². The van der Waals surface area contributed by atoms with Crippen molar-refractivity contribution < 1.29 is 9.53 Å². The summed E-state index contributed by atoms with van der Waals surface area (Å²) in [6, 6.07) is 11.9. The van der Waals surface area contributed by atoms with Gasteiger partial charge in [-0.1, -0.05) is 18.9 Å². The standard InChI is InChI=1S/C21H28N2O2S/c1-2-25-18-11-9-17(10-12-18)21(24)22-16-19(20-8-7-15-26-20)23-13-5-3-4-6-14-23/h7-12,15,19H,2-6,13-14,16H2,1H3,(H,22,24). The van der Waals surface area contributed by atoms with Crippen LogP contribution in [0.15, 0.2) is 41.8 Å². The lowest BCUT2D eigenvalue weighted by Crippen LogP contribution is -2.38. The molecule has 1 aliphatic rings. The first-order chi connectivity index (χ1) is 12.8. The van der Waals surface area contributed by atoms with E-state index in [9.17, 15) is 4.79 Å². The minimum atomic E-state index is -0.0237. The number of likely N-dealkylation sites (tertiary alicyclic amines) is 1. The van der Waals surface area contributed by atoms with Gasteiger partial charge in [0.15, 0.2) is 0 Å². The number of hydrogen-bond acceptors (Lipinski definition) is 4. The molecule has 3 rings (SSSR count). The lowest BCUT2D eigenvalue weighted by molar-refractivity contribution is 0.0934. The largest absolute Gasteiger partial charge is 0.494 e. The van der Waals surface area contributed by atoms with E-state index in [2.05, 4.69) is 27.7 Å². The molecule has 1 atom stereocenters. The predicted molar refractivity (Wildman–Crippen MR) is 107 cm³/mol. The molecular formula is C21H28N2O2S. The highest BCUT2D eigenvalue weighted by Gasteiger charge is 2.23. The first-order valence-corrected chi connectivity index (χ1v) is 10.4. The lowest BCUT2D eigenvalue weighted by Gasteiger charge is -2.30. The number of carbonyl (C=O) groups is 1. The second kappa shape index (κ2) is 9.74. The molecule has 1 saturated heterocycles. The summed E-state index contributed by atoms with van der Waals surface area (Å²) in [5.74, 6) is 0.773. The number of benzene rings is 1. The van der Waals surface area contributed by atoms with E-state index in [1.54, 1.807) is 11.3 Å². The van der Waals surface area contributed by atoms with Crippen LogP contribution in [0.1, 0.15) is 53.9 Å². The van der Waals surface area contributed by atoms with Gasteiger partial charge in [-0.25, -0.2) is 0 Å². The Bertz CT molecular complexity index is 662. The molecule has 1 unspecified atom stereocenters. The van der Waals surface area contributed by atoms with Gasteiger partial charge in [-0.15, -0.1) is 11.3 Å². The fourth-order valence-electron chi connectivity index (χ4n) is 3.46. The molecule has 0 bridgehead atoms. The van der Waals surface area contributed by atoms with E-state index in [4.69, 9.17) is 4.74 Å². The first kappa shape index (κ1) is 18.9. The minimum Gasteiger partial charge on any atom is -0.494 e. The summed E-state index contributed by atoms with van der Waals surface area (Å²) in [4.78, 5) is 16.4. The van der Waals surface area contributed by atoms with Crippen LogP contribution in [0.25, 0.3) is 0 Å². The summed E-state index contributed by atoms with van der Waals surface area (Å²) in [6.07, 6.45) is 5.11. The molecule has 0 spiro atoms. The van der Waals surface area contributed by atoms with Crippen molar-refractivity contribution in [3.63, 3.8) is 0 Å². The van der Waals surface area contributed by atoms with Gasteiger partial charge < -0.3 is 10.1 Å². The average Bonchev–Trinajstić information content (AvgIpc) is 3.05. The lowest BCUT2D eigenvalue weighted by atomic mass is 10.1. The van der Waals surface area contributed by atoms with E-state index in [1.165, 1.54) is 30.6 Å². The fraction of sp³-hybridized carbons (Fsp3) is 0.476. The van der Waals surface area contributed by atoms with Gasteiger partial charge in [-0.05, 0) is 68.6 Å². The third-order valence-corrected chi connectivity index (χ3v) is 5.81. The number of amides is 1. The summed E-state index contributed by atoms with van der Waals surface area (Å²) in [6.45, 7) is 5.45. The van der Waals surface area contributed by atoms with Gasteiger partial charge in [0, 0.05) is 17.0 Å². The number of thiophene rings is 1. The summed E-state index contributed by atoms with van der Waals surface area (Å²) in [7, 11) is 0. The van der Waals surface area contributed by atoms with Gasteiger partial charge in [0.1, 0.15) is 5.75 Å². The normalized spacial score (nSPS) is 16.7. The van der Waals surface area contributed by atoms with Crippen molar-refractivity contribution in [2.24, 2.45) is 0 Å². The van der Waals surface area contributed by atoms with Crippen molar-refractivity contribution >= 4 is 17.2 Å². The van der Waals surface area contributed by atoms with Crippen LogP contribution in [0.2, 0.25) is 0 Å². The fourth-order valence-corrected chi connectivity index (χ4v) is 4.32. The van der Waals surface area contributed by atoms with Crippen LogP contribution in [0.3, 0.4) is 0 Å². The highest BCUT2D eigenvalue weighted by atomic mass is 32.1. The Hall–Kier alpha value is -1.85. The van der Waals surface area contributed by atoms with Crippen LogP contribution in [-0.4, -0.2) is 37.0 Å². The molecule has 2 aromatic rings. The molecule has 2 heterocycles. The molecule has 0 radical (unpaired) electrons. The van der Waals surface area contributed by atoms with E-state index >= 15 is 0 Å². The molecule has 1 amide bonds. The highest BCUT2D eigenvalue weighted by molar-refractivity contribution is 7.10. The molecule has 26 heavy (non-hydrogen) atoms. The quantitative estimate of drug-likeness (QED) is 0.778. The third kappa shape index (κ3) is 5.08. The van der Waals surface area contributed by atoms with E-state index < -0.39 is 0 Å². The van der Waals surface area contributed by atoms with Crippen LogP contribution in [0.4, 0.5) is 0 Å².